The summed E-state index contributed by atoms with van der Waals surface area (Å²) in [6.07, 6.45) is 9.13. The van der Waals surface area contributed by atoms with Gasteiger partial charge < -0.3 is 5.32 Å². The number of fused-ring (bicyclic) bond motifs is 1. The molecule has 27 heavy (non-hydrogen) atoms. The van der Waals surface area contributed by atoms with Crippen molar-refractivity contribution in [3.8, 4) is 11.1 Å². The van der Waals surface area contributed by atoms with Gasteiger partial charge >= 0.3 is 6.03 Å². The number of urea groups is 1. The third-order valence-electron chi connectivity index (χ3n) is 5.39. The number of hydrogen-bond donors (Lipinski definition) is 2. The molecule has 3 heterocycles. The van der Waals surface area contributed by atoms with Crippen LogP contribution in [-0.2, 0) is 13.1 Å². The average molecular weight is 389 g/mol. The SMILES string of the molecule is CN1CCn2ncc(-c3cc(NC(=O)NC4CCCCC4)ncc3Cl)c2C1. The van der Waals surface area contributed by atoms with E-state index in [4.69, 9.17) is 11.6 Å². The first-order chi connectivity index (χ1) is 13.1. The Morgan fingerprint density at radius 2 is 2.00 bits per heavy atom. The van der Waals surface area contributed by atoms with Gasteiger partial charge in [0.2, 0.25) is 0 Å². The number of rotatable bonds is 3. The highest BCUT2D eigenvalue weighted by Crippen LogP contribution is 2.33. The van der Waals surface area contributed by atoms with Crippen molar-refractivity contribution in [3.63, 3.8) is 0 Å². The van der Waals surface area contributed by atoms with E-state index < -0.39 is 0 Å². The summed E-state index contributed by atoms with van der Waals surface area (Å²) in [4.78, 5) is 18.8. The van der Waals surface area contributed by atoms with Crippen LogP contribution in [0.15, 0.2) is 18.5 Å². The quantitative estimate of drug-likeness (QED) is 0.843. The number of amides is 2. The Hall–Kier alpha value is -2.12. The van der Waals surface area contributed by atoms with Crippen LogP contribution in [0, 0.1) is 0 Å². The molecule has 0 unspecified atom stereocenters. The van der Waals surface area contributed by atoms with Gasteiger partial charge in [-0.1, -0.05) is 30.9 Å². The van der Waals surface area contributed by atoms with Crippen LogP contribution >= 0.6 is 11.6 Å². The largest absolute Gasteiger partial charge is 0.335 e. The van der Waals surface area contributed by atoms with Gasteiger partial charge in [-0.15, -0.1) is 0 Å². The minimum atomic E-state index is -0.209. The molecule has 8 heteroatoms. The minimum absolute atomic E-state index is 0.209. The van der Waals surface area contributed by atoms with Crippen molar-refractivity contribution in [1.29, 1.82) is 0 Å². The molecule has 1 aliphatic heterocycles. The molecule has 0 bridgehead atoms. The molecule has 1 saturated carbocycles. The number of carbonyl (C=O) groups is 1. The first-order valence-corrected chi connectivity index (χ1v) is 9.94. The molecule has 2 aromatic heterocycles. The van der Waals surface area contributed by atoms with Gasteiger partial charge in [-0.3, -0.25) is 14.9 Å². The Balaban J connectivity index is 1.52. The molecule has 0 aromatic carbocycles. The van der Waals surface area contributed by atoms with Gasteiger partial charge in [0.25, 0.3) is 0 Å². The summed E-state index contributed by atoms with van der Waals surface area (Å²) in [6.45, 7) is 2.66. The van der Waals surface area contributed by atoms with Crippen LogP contribution in [0.5, 0.6) is 0 Å². The zero-order valence-electron chi connectivity index (χ0n) is 15.5. The molecule has 2 amide bonds. The summed E-state index contributed by atoms with van der Waals surface area (Å²) in [5.41, 5.74) is 2.97. The molecule has 1 fully saturated rings. The highest BCUT2D eigenvalue weighted by molar-refractivity contribution is 6.33. The fraction of sp³-hybridized carbons (Fsp3) is 0.526. The van der Waals surface area contributed by atoms with Crippen molar-refractivity contribution in [2.75, 3.05) is 18.9 Å². The summed E-state index contributed by atoms with van der Waals surface area (Å²) < 4.78 is 2.02. The number of carbonyl (C=O) groups excluding carboxylic acids is 1. The number of pyridine rings is 1. The number of halogens is 1. The predicted octanol–water partition coefficient (Wildman–Crippen LogP) is 3.50. The molecule has 0 saturated heterocycles. The number of nitrogens with one attached hydrogen (secondary N) is 2. The number of hydrogen-bond acceptors (Lipinski definition) is 4. The van der Waals surface area contributed by atoms with E-state index in [2.05, 4.69) is 32.7 Å². The van der Waals surface area contributed by atoms with Crippen LogP contribution in [-0.4, -0.2) is 45.3 Å². The second-order valence-corrected chi connectivity index (χ2v) is 7.86. The molecule has 2 aromatic rings. The second-order valence-electron chi connectivity index (χ2n) is 7.45. The maximum absolute atomic E-state index is 12.3. The summed E-state index contributed by atoms with van der Waals surface area (Å²) in [5.74, 6) is 0.492. The molecular weight excluding hydrogens is 364 g/mol. The molecule has 0 radical (unpaired) electrons. The molecule has 0 atom stereocenters. The van der Waals surface area contributed by atoms with Gasteiger partial charge in [0.15, 0.2) is 0 Å². The molecule has 2 aliphatic rings. The molecule has 4 rings (SSSR count). The lowest BCUT2D eigenvalue weighted by Gasteiger charge is -2.24. The summed E-state index contributed by atoms with van der Waals surface area (Å²) in [5, 5.41) is 10.9. The molecule has 144 valence electrons. The van der Waals surface area contributed by atoms with Gasteiger partial charge in [0.05, 0.1) is 23.5 Å². The van der Waals surface area contributed by atoms with E-state index in [0.717, 1.165) is 49.3 Å². The van der Waals surface area contributed by atoms with Crippen molar-refractivity contribution < 1.29 is 4.79 Å². The Morgan fingerprint density at radius 3 is 2.81 bits per heavy atom. The molecule has 7 nitrogen and oxygen atoms in total. The molecule has 2 N–H and O–H groups in total. The summed E-state index contributed by atoms with van der Waals surface area (Å²) >= 11 is 6.42. The van der Waals surface area contributed by atoms with Crippen molar-refractivity contribution >= 4 is 23.4 Å². The Kier molecular flexibility index (Phi) is 5.31. The maximum atomic E-state index is 12.3. The van der Waals surface area contributed by atoms with Gasteiger partial charge in [-0.25, -0.2) is 9.78 Å². The van der Waals surface area contributed by atoms with Gasteiger partial charge in [0.1, 0.15) is 5.82 Å². The van der Waals surface area contributed by atoms with Crippen LogP contribution in [0.3, 0.4) is 0 Å². The number of aromatic nitrogens is 3. The van der Waals surface area contributed by atoms with E-state index in [0.29, 0.717) is 10.8 Å². The second kappa shape index (κ2) is 7.86. The topological polar surface area (TPSA) is 75.1 Å². The lowest BCUT2D eigenvalue weighted by molar-refractivity contribution is 0.244. The zero-order valence-corrected chi connectivity index (χ0v) is 16.3. The minimum Gasteiger partial charge on any atom is -0.335 e. The smallest absolute Gasteiger partial charge is 0.320 e. The van der Waals surface area contributed by atoms with E-state index in [9.17, 15) is 4.79 Å². The van der Waals surface area contributed by atoms with Crippen molar-refractivity contribution in [3.05, 3.63) is 29.2 Å². The standard InChI is InChI=1S/C19H25ClN6O/c1-25-7-8-26-17(12-25)15(10-22-26)14-9-18(21-11-16(14)20)24-19(27)23-13-5-3-2-4-6-13/h9-11,13H,2-8,12H2,1H3,(H2,21,23,24,27). The number of nitrogens with zero attached hydrogens (tertiary/aromatic N) is 4. The van der Waals surface area contributed by atoms with Gasteiger partial charge in [0, 0.05) is 36.5 Å². The Labute approximate surface area is 164 Å². The Morgan fingerprint density at radius 1 is 1.19 bits per heavy atom. The fourth-order valence-corrected chi connectivity index (χ4v) is 4.10. The van der Waals surface area contributed by atoms with Crippen LogP contribution in [0.1, 0.15) is 37.8 Å². The normalized spacial score (nSPS) is 18.1. The monoisotopic (exact) mass is 388 g/mol. The van der Waals surface area contributed by atoms with Crippen molar-refractivity contribution in [1.82, 2.24) is 25.0 Å². The fourth-order valence-electron chi connectivity index (χ4n) is 3.89. The van der Waals surface area contributed by atoms with Crippen LogP contribution in [0.25, 0.3) is 11.1 Å². The van der Waals surface area contributed by atoms with E-state index in [1.54, 1.807) is 6.20 Å². The molecule has 1 aliphatic carbocycles. The van der Waals surface area contributed by atoms with E-state index in [-0.39, 0.29) is 12.1 Å². The first-order valence-electron chi connectivity index (χ1n) is 9.57. The highest BCUT2D eigenvalue weighted by Gasteiger charge is 2.21. The average Bonchev–Trinajstić information content (AvgIpc) is 3.07. The van der Waals surface area contributed by atoms with Crippen LogP contribution < -0.4 is 10.6 Å². The zero-order chi connectivity index (χ0) is 18.8. The summed E-state index contributed by atoms with van der Waals surface area (Å²) in [6, 6.07) is 1.87. The lowest BCUT2D eigenvalue weighted by atomic mass is 9.96. The third-order valence-corrected chi connectivity index (χ3v) is 5.69. The summed E-state index contributed by atoms with van der Waals surface area (Å²) in [7, 11) is 2.09. The predicted molar refractivity (Wildman–Crippen MR) is 106 cm³/mol. The molecule has 0 spiro atoms. The Bertz CT molecular complexity index is 830. The van der Waals surface area contributed by atoms with Crippen LogP contribution in [0.2, 0.25) is 5.02 Å². The lowest BCUT2D eigenvalue weighted by Crippen LogP contribution is -2.39. The van der Waals surface area contributed by atoms with Crippen molar-refractivity contribution in [2.45, 2.75) is 51.2 Å². The third kappa shape index (κ3) is 4.09. The van der Waals surface area contributed by atoms with E-state index >= 15 is 0 Å². The van der Waals surface area contributed by atoms with Gasteiger partial charge in [-0.05, 0) is 26.0 Å². The maximum Gasteiger partial charge on any atom is 0.320 e. The van der Waals surface area contributed by atoms with Gasteiger partial charge in [-0.2, -0.15) is 5.10 Å². The van der Waals surface area contributed by atoms with Crippen LogP contribution in [0.4, 0.5) is 10.6 Å². The number of anilines is 1. The van der Waals surface area contributed by atoms with Crippen molar-refractivity contribution in [2.24, 2.45) is 0 Å². The van der Waals surface area contributed by atoms with E-state index in [1.165, 1.54) is 19.3 Å². The number of likely N-dealkylation sites (N-methyl/N-ethyl adjacent to an activating group) is 1. The van der Waals surface area contributed by atoms with E-state index in [1.807, 2.05) is 16.9 Å². The highest BCUT2D eigenvalue weighted by atomic mass is 35.5. The first kappa shape index (κ1) is 18.3. The molecular formula is C19H25ClN6O.